The number of hydrogen-bond acceptors (Lipinski definition) is 3. The van der Waals surface area contributed by atoms with Crippen molar-refractivity contribution in [2.75, 3.05) is 26.8 Å². The average molecular weight is 226 g/mol. The van der Waals surface area contributed by atoms with E-state index in [0.29, 0.717) is 12.0 Å². The van der Waals surface area contributed by atoms with Crippen LogP contribution >= 0.6 is 0 Å². The molecule has 4 unspecified atom stereocenters. The van der Waals surface area contributed by atoms with Crippen LogP contribution in [-0.4, -0.2) is 49.8 Å². The molecule has 0 saturated carbocycles. The quantitative estimate of drug-likeness (QED) is 0.789. The van der Waals surface area contributed by atoms with Gasteiger partial charge in [-0.1, -0.05) is 6.42 Å². The van der Waals surface area contributed by atoms with Crippen LogP contribution in [-0.2, 0) is 4.74 Å². The van der Waals surface area contributed by atoms with Crippen LogP contribution in [0.4, 0.5) is 0 Å². The van der Waals surface area contributed by atoms with Crippen molar-refractivity contribution in [2.45, 2.75) is 51.2 Å². The smallest absolute Gasteiger partial charge is 0.0623 e. The van der Waals surface area contributed by atoms with E-state index < -0.39 is 0 Å². The second-order valence-electron chi connectivity index (χ2n) is 5.52. The number of hydrogen-bond donors (Lipinski definition) is 1. The summed E-state index contributed by atoms with van der Waals surface area (Å²) < 4.78 is 5.58. The molecule has 2 rings (SSSR count). The second-order valence-corrected chi connectivity index (χ2v) is 5.52. The average Bonchev–Trinajstić information content (AvgIpc) is 2.71. The molecule has 0 aromatic carbocycles. The highest BCUT2D eigenvalue weighted by atomic mass is 16.5. The highest BCUT2D eigenvalue weighted by Crippen LogP contribution is 2.25. The molecule has 2 heterocycles. The van der Waals surface area contributed by atoms with Crippen LogP contribution in [0.15, 0.2) is 0 Å². The Morgan fingerprint density at radius 2 is 1.88 bits per heavy atom. The fourth-order valence-electron chi connectivity index (χ4n) is 3.20. The molecule has 16 heavy (non-hydrogen) atoms. The van der Waals surface area contributed by atoms with E-state index in [0.717, 1.165) is 25.3 Å². The van der Waals surface area contributed by atoms with Crippen molar-refractivity contribution in [2.24, 2.45) is 5.92 Å². The summed E-state index contributed by atoms with van der Waals surface area (Å²) >= 11 is 0. The molecular formula is C13H26N2O. The molecule has 4 atom stereocenters. The van der Waals surface area contributed by atoms with Gasteiger partial charge in [0.1, 0.15) is 0 Å². The van der Waals surface area contributed by atoms with Gasteiger partial charge in [-0.05, 0) is 33.7 Å². The Hall–Kier alpha value is -0.120. The van der Waals surface area contributed by atoms with E-state index in [-0.39, 0.29) is 0 Å². The Balaban J connectivity index is 1.91. The van der Waals surface area contributed by atoms with Crippen molar-refractivity contribution in [1.82, 2.24) is 10.2 Å². The minimum Gasteiger partial charge on any atom is -0.379 e. The van der Waals surface area contributed by atoms with E-state index in [2.05, 4.69) is 31.1 Å². The first-order valence-electron chi connectivity index (χ1n) is 6.73. The second kappa shape index (κ2) is 5.48. The van der Waals surface area contributed by atoms with E-state index in [1.165, 1.54) is 25.8 Å². The zero-order chi connectivity index (χ0) is 11.5. The van der Waals surface area contributed by atoms with Gasteiger partial charge in [0.15, 0.2) is 0 Å². The van der Waals surface area contributed by atoms with Crippen LogP contribution in [0.1, 0.15) is 33.1 Å². The normalized spacial score (nSPS) is 41.4. The van der Waals surface area contributed by atoms with Gasteiger partial charge in [-0.15, -0.1) is 0 Å². The molecule has 2 saturated heterocycles. The highest BCUT2D eigenvalue weighted by Gasteiger charge is 2.32. The third-order valence-corrected chi connectivity index (χ3v) is 4.39. The SMILES string of the molecule is CNC1COCC1CN1C(C)CCCC1C. The van der Waals surface area contributed by atoms with Gasteiger partial charge < -0.3 is 10.1 Å². The molecule has 2 fully saturated rings. The van der Waals surface area contributed by atoms with Crippen molar-refractivity contribution in [3.05, 3.63) is 0 Å². The van der Waals surface area contributed by atoms with Gasteiger partial charge in [0.2, 0.25) is 0 Å². The van der Waals surface area contributed by atoms with Crippen LogP contribution in [0.3, 0.4) is 0 Å². The Morgan fingerprint density at radius 1 is 1.19 bits per heavy atom. The molecule has 3 nitrogen and oxygen atoms in total. The van der Waals surface area contributed by atoms with Gasteiger partial charge in [-0.3, -0.25) is 4.90 Å². The predicted molar refractivity (Wildman–Crippen MR) is 66.6 cm³/mol. The van der Waals surface area contributed by atoms with Crippen LogP contribution < -0.4 is 5.32 Å². The number of likely N-dealkylation sites (N-methyl/N-ethyl adjacent to an activating group) is 1. The minimum atomic E-state index is 0.557. The van der Waals surface area contributed by atoms with E-state index in [1.54, 1.807) is 0 Å². The first-order valence-corrected chi connectivity index (χ1v) is 6.73. The van der Waals surface area contributed by atoms with Crippen LogP contribution in [0, 0.1) is 5.92 Å². The third-order valence-electron chi connectivity index (χ3n) is 4.39. The highest BCUT2D eigenvalue weighted by molar-refractivity contribution is 4.87. The molecule has 94 valence electrons. The van der Waals surface area contributed by atoms with Gasteiger partial charge >= 0.3 is 0 Å². The standard InChI is InChI=1S/C13H26N2O/c1-10-5-4-6-11(2)15(10)7-12-8-16-9-13(12)14-3/h10-14H,4-9H2,1-3H3. The molecular weight excluding hydrogens is 200 g/mol. The summed E-state index contributed by atoms with van der Waals surface area (Å²) in [5.74, 6) is 0.674. The number of likely N-dealkylation sites (tertiary alicyclic amines) is 1. The fraction of sp³-hybridized carbons (Fsp3) is 1.00. The fourth-order valence-corrected chi connectivity index (χ4v) is 3.20. The zero-order valence-corrected chi connectivity index (χ0v) is 10.9. The predicted octanol–water partition coefficient (Wildman–Crippen LogP) is 1.48. The van der Waals surface area contributed by atoms with Crippen LogP contribution in [0.25, 0.3) is 0 Å². The Bertz CT molecular complexity index is 212. The topological polar surface area (TPSA) is 24.5 Å². The van der Waals surface area contributed by atoms with Crippen LogP contribution in [0.5, 0.6) is 0 Å². The first kappa shape index (κ1) is 12.3. The van der Waals surface area contributed by atoms with Gasteiger partial charge in [0.25, 0.3) is 0 Å². The molecule has 2 aliphatic heterocycles. The van der Waals surface area contributed by atoms with Crippen molar-refractivity contribution < 1.29 is 4.74 Å². The molecule has 0 aliphatic carbocycles. The summed E-state index contributed by atoms with van der Waals surface area (Å²) in [6.07, 6.45) is 4.12. The van der Waals surface area contributed by atoms with Gasteiger partial charge in [-0.25, -0.2) is 0 Å². The number of piperidine rings is 1. The Labute approximate surface area is 99.5 Å². The lowest BCUT2D eigenvalue weighted by molar-refractivity contribution is 0.0765. The Kier molecular flexibility index (Phi) is 4.22. The lowest BCUT2D eigenvalue weighted by atomic mass is 9.94. The van der Waals surface area contributed by atoms with E-state index in [1.807, 2.05) is 0 Å². The van der Waals surface area contributed by atoms with E-state index >= 15 is 0 Å². The lowest BCUT2D eigenvalue weighted by Crippen LogP contribution is -2.49. The number of rotatable bonds is 3. The maximum atomic E-state index is 5.58. The zero-order valence-electron chi connectivity index (χ0n) is 10.9. The van der Waals surface area contributed by atoms with Crippen molar-refractivity contribution in [1.29, 1.82) is 0 Å². The van der Waals surface area contributed by atoms with Gasteiger partial charge in [-0.2, -0.15) is 0 Å². The number of nitrogens with one attached hydrogen (secondary N) is 1. The van der Waals surface area contributed by atoms with Crippen LogP contribution in [0.2, 0.25) is 0 Å². The summed E-state index contributed by atoms with van der Waals surface area (Å²) in [5.41, 5.74) is 0. The number of ether oxygens (including phenoxy) is 1. The summed E-state index contributed by atoms with van der Waals surface area (Å²) in [7, 11) is 2.05. The van der Waals surface area contributed by atoms with E-state index in [4.69, 9.17) is 4.74 Å². The number of nitrogens with zero attached hydrogens (tertiary/aromatic N) is 1. The summed E-state index contributed by atoms with van der Waals surface area (Å²) in [4.78, 5) is 2.69. The van der Waals surface area contributed by atoms with E-state index in [9.17, 15) is 0 Å². The summed E-state index contributed by atoms with van der Waals surface area (Å²) in [6, 6.07) is 2.06. The van der Waals surface area contributed by atoms with Crippen molar-refractivity contribution >= 4 is 0 Å². The van der Waals surface area contributed by atoms with Crippen molar-refractivity contribution in [3.63, 3.8) is 0 Å². The minimum absolute atomic E-state index is 0.557. The van der Waals surface area contributed by atoms with Crippen molar-refractivity contribution in [3.8, 4) is 0 Å². The monoisotopic (exact) mass is 226 g/mol. The molecule has 0 aromatic heterocycles. The molecule has 0 radical (unpaired) electrons. The molecule has 0 amide bonds. The molecule has 2 aliphatic rings. The molecule has 3 heteroatoms. The first-order chi connectivity index (χ1) is 7.72. The molecule has 1 N–H and O–H groups in total. The maximum Gasteiger partial charge on any atom is 0.0623 e. The molecule has 0 aromatic rings. The Morgan fingerprint density at radius 3 is 2.50 bits per heavy atom. The van der Waals surface area contributed by atoms with Gasteiger partial charge in [0, 0.05) is 30.6 Å². The maximum absolute atomic E-state index is 5.58. The lowest BCUT2D eigenvalue weighted by Gasteiger charge is -2.41. The summed E-state index contributed by atoms with van der Waals surface area (Å²) in [5, 5.41) is 3.38. The molecule has 0 bridgehead atoms. The summed E-state index contributed by atoms with van der Waals surface area (Å²) in [6.45, 7) is 7.77. The largest absolute Gasteiger partial charge is 0.379 e. The third kappa shape index (κ3) is 2.58. The molecule has 0 spiro atoms. The van der Waals surface area contributed by atoms with Gasteiger partial charge in [0.05, 0.1) is 13.2 Å².